The number of allylic oxidation sites excluding steroid dienone is 1. The number of nitrogens with zero attached hydrogens (tertiary/aromatic N) is 4. The number of carbonyl (C=O) groups is 1. The van der Waals surface area contributed by atoms with Crippen LogP contribution in [-0.2, 0) is 9.53 Å². The summed E-state index contributed by atoms with van der Waals surface area (Å²) in [6.07, 6.45) is 3.63. The van der Waals surface area contributed by atoms with Crippen LogP contribution in [0, 0.1) is 12.7 Å². The van der Waals surface area contributed by atoms with E-state index in [0.717, 1.165) is 11.3 Å². The number of aryl methyl sites for hydroxylation is 1. The van der Waals surface area contributed by atoms with Gasteiger partial charge in [-0.1, -0.05) is 65.4 Å². The Morgan fingerprint density at radius 2 is 1.84 bits per heavy atom. The maximum Gasteiger partial charge on any atom is 0.338 e. The number of fused-ring (bicyclic) bond motifs is 1. The van der Waals surface area contributed by atoms with E-state index in [1.807, 2.05) is 48.7 Å². The first-order valence-corrected chi connectivity index (χ1v) is 14.8. The second-order valence-corrected chi connectivity index (χ2v) is 11.5. The highest BCUT2D eigenvalue weighted by molar-refractivity contribution is 7.07. The van der Waals surface area contributed by atoms with Crippen LogP contribution in [0.1, 0.15) is 36.6 Å². The number of aromatic nitrogens is 3. The van der Waals surface area contributed by atoms with Gasteiger partial charge in [0.2, 0.25) is 0 Å². The molecule has 0 saturated carbocycles. The van der Waals surface area contributed by atoms with Crippen molar-refractivity contribution in [1.29, 1.82) is 0 Å². The molecule has 216 valence electrons. The van der Waals surface area contributed by atoms with Crippen molar-refractivity contribution < 1.29 is 13.9 Å². The fourth-order valence-electron chi connectivity index (χ4n) is 5.07. The standard InChI is InChI=1S/C33H26ClFN4O3S/c1-4-42-32(41)28-20(3)36-33-39(30(28)22-11-10-19(2)26(35)16-22)31(40)27(43-33)17-23-18-38(25-8-6-5-7-9-25)37-29(23)21-12-14-24(34)15-13-21/h5-18,30H,4H2,1-3H3. The molecule has 7 nitrogen and oxygen atoms in total. The third kappa shape index (κ3) is 5.37. The molecule has 0 fully saturated rings. The van der Waals surface area contributed by atoms with Gasteiger partial charge in [0.05, 0.1) is 34.1 Å². The lowest BCUT2D eigenvalue weighted by Crippen LogP contribution is -2.40. The van der Waals surface area contributed by atoms with Crippen molar-refractivity contribution in [3.05, 3.63) is 137 Å². The van der Waals surface area contributed by atoms with Crippen molar-refractivity contribution in [2.24, 2.45) is 4.99 Å². The SMILES string of the molecule is CCOC(=O)C1=C(C)N=c2sc(=Cc3cn(-c4ccccc4)nc3-c3ccc(Cl)cc3)c(=O)n2C1c1ccc(C)c(F)c1. The summed E-state index contributed by atoms with van der Waals surface area (Å²) in [5.41, 5.74) is 4.20. The van der Waals surface area contributed by atoms with Gasteiger partial charge in [-0.3, -0.25) is 9.36 Å². The minimum atomic E-state index is -0.907. The average molecular weight is 613 g/mol. The van der Waals surface area contributed by atoms with Gasteiger partial charge in [0.15, 0.2) is 4.80 Å². The first-order valence-electron chi connectivity index (χ1n) is 13.6. The lowest BCUT2D eigenvalue weighted by Gasteiger charge is -2.24. The van der Waals surface area contributed by atoms with Crippen molar-refractivity contribution in [1.82, 2.24) is 14.3 Å². The van der Waals surface area contributed by atoms with E-state index in [9.17, 15) is 14.0 Å². The molecular weight excluding hydrogens is 587 g/mol. The van der Waals surface area contributed by atoms with Crippen LogP contribution in [0.4, 0.5) is 4.39 Å². The molecule has 0 aliphatic carbocycles. The van der Waals surface area contributed by atoms with Gasteiger partial charge in [-0.05, 0) is 68.3 Å². The number of carbonyl (C=O) groups excluding carboxylic acids is 1. The molecule has 3 heterocycles. The largest absolute Gasteiger partial charge is 0.463 e. The summed E-state index contributed by atoms with van der Waals surface area (Å²) in [5.74, 6) is -1.03. The van der Waals surface area contributed by atoms with Gasteiger partial charge in [0, 0.05) is 22.3 Å². The van der Waals surface area contributed by atoms with E-state index >= 15 is 0 Å². The summed E-state index contributed by atoms with van der Waals surface area (Å²) in [4.78, 5) is 32.3. The third-order valence-electron chi connectivity index (χ3n) is 7.20. The van der Waals surface area contributed by atoms with Gasteiger partial charge in [0.25, 0.3) is 5.56 Å². The Morgan fingerprint density at radius 3 is 2.53 bits per heavy atom. The minimum Gasteiger partial charge on any atom is -0.463 e. The molecule has 1 aliphatic heterocycles. The van der Waals surface area contributed by atoms with Crippen LogP contribution in [0.3, 0.4) is 0 Å². The lowest BCUT2D eigenvalue weighted by atomic mass is 9.95. The van der Waals surface area contributed by atoms with Crippen LogP contribution >= 0.6 is 22.9 Å². The molecule has 0 spiro atoms. The van der Waals surface area contributed by atoms with E-state index in [4.69, 9.17) is 21.4 Å². The molecule has 3 aromatic carbocycles. The zero-order valence-corrected chi connectivity index (χ0v) is 25.1. The van der Waals surface area contributed by atoms with Crippen molar-refractivity contribution in [2.75, 3.05) is 6.61 Å². The molecule has 2 aromatic heterocycles. The summed E-state index contributed by atoms with van der Waals surface area (Å²) in [6, 6.07) is 20.8. The maximum atomic E-state index is 14.8. The number of halogens is 2. The Morgan fingerprint density at radius 1 is 1.09 bits per heavy atom. The molecule has 0 saturated heterocycles. The van der Waals surface area contributed by atoms with Gasteiger partial charge < -0.3 is 4.74 Å². The smallest absolute Gasteiger partial charge is 0.338 e. The van der Waals surface area contributed by atoms with Crippen molar-refractivity contribution >= 4 is 35.0 Å². The van der Waals surface area contributed by atoms with Gasteiger partial charge >= 0.3 is 5.97 Å². The highest BCUT2D eigenvalue weighted by Gasteiger charge is 2.33. The fraction of sp³-hybridized carbons (Fsp3) is 0.152. The molecule has 0 amide bonds. The van der Waals surface area contributed by atoms with Gasteiger partial charge in [-0.2, -0.15) is 5.10 Å². The van der Waals surface area contributed by atoms with Crippen LogP contribution in [-0.4, -0.2) is 26.9 Å². The minimum absolute atomic E-state index is 0.147. The van der Waals surface area contributed by atoms with Crippen LogP contribution in [0.15, 0.2) is 100 Å². The molecule has 0 N–H and O–H groups in total. The van der Waals surface area contributed by atoms with Crippen molar-refractivity contribution in [3.63, 3.8) is 0 Å². The van der Waals surface area contributed by atoms with Gasteiger partial charge in [-0.25, -0.2) is 18.9 Å². The quantitative estimate of drug-likeness (QED) is 0.229. The number of hydrogen-bond acceptors (Lipinski definition) is 6. The number of rotatable bonds is 6. The van der Waals surface area contributed by atoms with E-state index in [1.54, 1.807) is 55.8 Å². The number of hydrogen-bond donors (Lipinski definition) is 0. The van der Waals surface area contributed by atoms with E-state index in [0.29, 0.717) is 42.4 Å². The third-order valence-corrected chi connectivity index (χ3v) is 8.43. The molecule has 1 atom stereocenters. The number of thiazole rings is 1. The summed E-state index contributed by atoms with van der Waals surface area (Å²) < 4.78 is 23.7. The van der Waals surface area contributed by atoms with E-state index in [1.165, 1.54) is 22.0 Å². The Bertz CT molecular complexity index is 2080. The molecule has 43 heavy (non-hydrogen) atoms. The normalized spacial score (nSPS) is 14.9. The maximum absolute atomic E-state index is 14.8. The number of para-hydroxylation sites is 1. The Labute approximate surface area is 255 Å². The van der Waals surface area contributed by atoms with Crippen molar-refractivity contribution in [2.45, 2.75) is 26.8 Å². The zero-order valence-electron chi connectivity index (χ0n) is 23.5. The summed E-state index contributed by atoms with van der Waals surface area (Å²) in [7, 11) is 0. The number of benzene rings is 3. The average Bonchev–Trinajstić information content (AvgIpc) is 3.55. The fourth-order valence-corrected chi connectivity index (χ4v) is 6.23. The Kier molecular flexibility index (Phi) is 7.68. The predicted molar refractivity (Wildman–Crippen MR) is 166 cm³/mol. The summed E-state index contributed by atoms with van der Waals surface area (Å²) >= 11 is 7.34. The van der Waals surface area contributed by atoms with E-state index < -0.39 is 17.8 Å². The molecule has 6 rings (SSSR count). The molecule has 0 radical (unpaired) electrons. The second-order valence-electron chi connectivity index (χ2n) is 10.0. The first-order chi connectivity index (χ1) is 20.7. The monoisotopic (exact) mass is 612 g/mol. The highest BCUT2D eigenvalue weighted by atomic mass is 35.5. The van der Waals surface area contributed by atoms with Crippen molar-refractivity contribution in [3.8, 4) is 16.9 Å². The summed E-state index contributed by atoms with van der Waals surface area (Å²) in [6.45, 7) is 5.21. The summed E-state index contributed by atoms with van der Waals surface area (Å²) in [5, 5.41) is 5.44. The molecule has 10 heteroatoms. The van der Waals surface area contributed by atoms with Crippen LogP contribution in [0.2, 0.25) is 5.02 Å². The first kappa shape index (κ1) is 28.5. The second kappa shape index (κ2) is 11.6. The van der Waals surface area contributed by atoms with Crippen LogP contribution in [0.5, 0.6) is 0 Å². The topological polar surface area (TPSA) is 78.5 Å². The molecule has 5 aromatic rings. The predicted octanol–water partition coefficient (Wildman–Crippen LogP) is 5.75. The number of esters is 1. The van der Waals surface area contributed by atoms with Crippen LogP contribution in [0.25, 0.3) is 23.0 Å². The Hall–Kier alpha value is -4.60. The molecule has 1 unspecified atom stereocenters. The van der Waals surface area contributed by atoms with Gasteiger partial charge in [0.1, 0.15) is 11.5 Å². The number of ether oxygens (including phenoxy) is 1. The Balaban J connectivity index is 1.57. The molecule has 0 bridgehead atoms. The van der Waals surface area contributed by atoms with E-state index in [-0.39, 0.29) is 17.7 Å². The molecule has 1 aliphatic rings. The zero-order chi connectivity index (χ0) is 30.2. The lowest BCUT2D eigenvalue weighted by molar-refractivity contribution is -0.139. The van der Waals surface area contributed by atoms with Crippen LogP contribution < -0.4 is 14.9 Å². The van der Waals surface area contributed by atoms with Gasteiger partial charge in [-0.15, -0.1) is 0 Å². The van der Waals surface area contributed by atoms with E-state index in [2.05, 4.69) is 4.99 Å². The molecular formula is C33H26ClFN4O3S. The highest BCUT2D eigenvalue weighted by Crippen LogP contribution is 2.32.